The smallest absolute Gasteiger partial charge is 0.281 e. The first-order chi connectivity index (χ1) is 8.98. The van der Waals surface area contributed by atoms with Gasteiger partial charge in [-0.3, -0.25) is 0 Å². The molecular formula is C13H23N3O2S. The highest BCUT2D eigenvalue weighted by Crippen LogP contribution is 2.07. The first-order valence-electron chi connectivity index (χ1n) is 6.40. The van der Waals surface area contributed by atoms with Gasteiger partial charge in [0.15, 0.2) is 0 Å². The van der Waals surface area contributed by atoms with Gasteiger partial charge in [0.1, 0.15) is 0 Å². The number of likely N-dealkylation sites (N-methyl/N-ethyl adjacent to an activating group) is 1. The van der Waals surface area contributed by atoms with E-state index in [0.717, 1.165) is 5.56 Å². The van der Waals surface area contributed by atoms with E-state index < -0.39 is 10.2 Å². The Kier molecular flexibility index (Phi) is 6.44. The van der Waals surface area contributed by atoms with Crippen LogP contribution in [-0.2, 0) is 16.6 Å². The molecule has 1 rings (SSSR count). The van der Waals surface area contributed by atoms with E-state index in [1.807, 2.05) is 30.3 Å². The Morgan fingerprint density at radius 3 is 2.21 bits per heavy atom. The van der Waals surface area contributed by atoms with E-state index >= 15 is 0 Å². The number of rotatable bonds is 8. The van der Waals surface area contributed by atoms with Crippen LogP contribution in [0.25, 0.3) is 0 Å². The number of hydrogen-bond donors (Lipinski definition) is 1. The fourth-order valence-corrected chi connectivity index (χ4v) is 2.87. The third-order valence-electron chi connectivity index (χ3n) is 3.02. The highest BCUT2D eigenvalue weighted by Gasteiger charge is 2.22. The van der Waals surface area contributed by atoms with E-state index in [2.05, 4.69) is 0 Å². The summed E-state index contributed by atoms with van der Waals surface area (Å²) in [5.74, 6) is 0. The Hall–Kier alpha value is -0.950. The minimum absolute atomic E-state index is 0.453. The van der Waals surface area contributed by atoms with Crippen molar-refractivity contribution in [1.82, 2.24) is 8.61 Å². The summed E-state index contributed by atoms with van der Waals surface area (Å²) in [5.41, 5.74) is 6.53. The summed E-state index contributed by atoms with van der Waals surface area (Å²) in [4.78, 5) is 0. The van der Waals surface area contributed by atoms with Crippen LogP contribution in [0.3, 0.4) is 0 Å². The molecule has 0 aromatic heterocycles. The Bertz CT molecular complexity index is 462. The normalized spacial score (nSPS) is 12.3. The van der Waals surface area contributed by atoms with Crippen molar-refractivity contribution >= 4 is 10.2 Å². The highest BCUT2D eigenvalue weighted by atomic mass is 32.2. The zero-order valence-electron chi connectivity index (χ0n) is 11.6. The van der Waals surface area contributed by atoms with Crippen LogP contribution >= 0.6 is 0 Å². The second kappa shape index (κ2) is 7.59. The molecule has 0 spiro atoms. The maximum Gasteiger partial charge on any atom is 0.281 e. The molecule has 1 aromatic rings. The molecule has 108 valence electrons. The third-order valence-corrected chi connectivity index (χ3v) is 4.96. The van der Waals surface area contributed by atoms with Crippen molar-refractivity contribution in [2.45, 2.75) is 12.8 Å². The van der Waals surface area contributed by atoms with Gasteiger partial charge in [0, 0.05) is 27.2 Å². The van der Waals surface area contributed by atoms with Crippen LogP contribution in [-0.4, -0.2) is 50.8 Å². The molecule has 0 saturated heterocycles. The molecule has 0 atom stereocenters. The summed E-state index contributed by atoms with van der Waals surface area (Å²) in [5, 5.41) is 0. The predicted molar refractivity (Wildman–Crippen MR) is 78.0 cm³/mol. The molecular weight excluding hydrogens is 262 g/mol. The van der Waals surface area contributed by atoms with E-state index in [9.17, 15) is 8.42 Å². The van der Waals surface area contributed by atoms with Gasteiger partial charge in [-0.05, 0) is 24.9 Å². The molecule has 2 N–H and O–H groups in total. The maximum atomic E-state index is 12.2. The van der Waals surface area contributed by atoms with Gasteiger partial charge in [-0.15, -0.1) is 0 Å². The van der Waals surface area contributed by atoms with Gasteiger partial charge in [-0.1, -0.05) is 30.3 Å². The largest absolute Gasteiger partial charge is 0.330 e. The quantitative estimate of drug-likeness (QED) is 0.764. The second-order valence-electron chi connectivity index (χ2n) is 4.53. The van der Waals surface area contributed by atoms with Crippen molar-refractivity contribution in [3.8, 4) is 0 Å². The number of nitrogens with zero attached hydrogens (tertiary/aromatic N) is 2. The first-order valence-corrected chi connectivity index (χ1v) is 7.79. The van der Waals surface area contributed by atoms with Crippen LogP contribution in [0.2, 0.25) is 0 Å². The summed E-state index contributed by atoms with van der Waals surface area (Å²) in [6, 6.07) is 9.86. The van der Waals surface area contributed by atoms with E-state index in [-0.39, 0.29) is 0 Å². The van der Waals surface area contributed by atoms with Gasteiger partial charge in [0.2, 0.25) is 0 Å². The van der Waals surface area contributed by atoms with E-state index in [4.69, 9.17) is 5.73 Å². The lowest BCUT2D eigenvalue weighted by Crippen LogP contribution is -2.41. The molecule has 0 heterocycles. The van der Waals surface area contributed by atoms with Crippen molar-refractivity contribution in [2.75, 3.05) is 33.7 Å². The zero-order valence-corrected chi connectivity index (χ0v) is 12.4. The molecule has 0 saturated carbocycles. The highest BCUT2D eigenvalue weighted by molar-refractivity contribution is 7.86. The second-order valence-corrected chi connectivity index (χ2v) is 6.67. The molecule has 1 aromatic carbocycles. The summed E-state index contributed by atoms with van der Waals surface area (Å²) in [7, 11) is -0.175. The molecule has 19 heavy (non-hydrogen) atoms. The van der Waals surface area contributed by atoms with Crippen LogP contribution in [0.4, 0.5) is 0 Å². The van der Waals surface area contributed by atoms with Crippen LogP contribution in [0.15, 0.2) is 30.3 Å². The molecule has 6 heteroatoms. The lowest BCUT2D eigenvalue weighted by Gasteiger charge is -2.24. The molecule has 0 bridgehead atoms. The van der Waals surface area contributed by atoms with E-state index in [1.54, 1.807) is 14.1 Å². The van der Waals surface area contributed by atoms with Gasteiger partial charge in [0.05, 0.1) is 0 Å². The Morgan fingerprint density at radius 2 is 1.63 bits per heavy atom. The molecule has 0 radical (unpaired) electrons. The summed E-state index contributed by atoms with van der Waals surface area (Å²) in [6.07, 6.45) is 1.38. The van der Waals surface area contributed by atoms with Crippen molar-refractivity contribution < 1.29 is 8.42 Å². The summed E-state index contributed by atoms with van der Waals surface area (Å²) >= 11 is 0. The maximum absolute atomic E-state index is 12.2. The molecule has 0 aliphatic rings. The van der Waals surface area contributed by atoms with Crippen molar-refractivity contribution in [3.05, 3.63) is 35.9 Å². The topological polar surface area (TPSA) is 66.6 Å². The Labute approximate surface area is 116 Å². The third kappa shape index (κ3) is 4.91. The van der Waals surface area contributed by atoms with Crippen LogP contribution in [0.1, 0.15) is 12.0 Å². The number of benzene rings is 1. The Balaban J connectivity index is 2.54. The van der Waals surface area contributed by atoms with Gasteiger partial charge < -0.3 is 5.73 Å². The van der Waals surface area contributed by atoms with Gasteiger partial charge in [0.25, 0.3) is 10.2 Å². The molecule has 0 aliphatic carbocycles. The fourth-order valence-electron chi connectivity index (χ4n) is 1.71. The average molecular weight is 285 g/mol. The monoisotopic (exact) mass is 285 g/mol. The lowest BCUT2D eigenvalue weighted by molar-refractivity contribution is 0.391. The fraction of sp³-hybridized carbons (Fsp3) is 0.538. The minimum Gasteiger partial charge on any atom is -0.330 e. The predicted octanol–water partition coefficient (Wildman–Crippen LogP) is 0.686. The van der Waals surface area contributed by atoms with E-state index in [0.29, 0.717) is 32.5 Å². The summed E-state index contributed by atoms with van der Waals surface area (Å²) < 4.78 is 27.1. The molecule has 0 unspecified atom stereocenters. The summed E-state index contributed by atoms with van der Waals surface area (Å²) in [6.45, 7) is 1.42. The molecule has 0 aliphatic heterocycles. The average Bonchev–Trinajstić information content (AvgIpc) is 2.42. The number of hydrogen-bond acceptors (Lipinski definition) is 3. The van der Waals surface area contributed by atoms with Crippen LogP contribution in [0, 0.1) is 0 Å². The van der Waals surface area contributed by atoms with Gasteiger partial charge in [-0.25, -0.2) is 0 Å². The SMILES string of the molecule is CN(CCCN)S(=O)(=O)N(C)CCc1ccccc1. The molecule has 5 nitrogen and oxygen atoms in total. The standard InChI is InChI=1S/C13H23N3O2S/c1-15(11-6-10-14)19(17,18)16(2)12-9-13-7-4-3-5-8-13/h3-5,7-8H,6,9-12,14H2,1-2H3. The molecule has 0 amide bonds. The minimum atomic E-state index is -3.37. The Morgan fingerprint density at radius 1 is 1.05 bits per heavy atom. The van der Waals surface area contributed by atoms with Crippen molar-refractivity contribution in [2.24, 2.45) is 5.73 Å². The van der Waals surface area contributed by atoms with Crippen LogP contribution in [0.5, 0.6) is 0 Å². The first kappa shape index (κ1) is 16.1. The zero-order chi connectivity index (χ0) is 14.3. The van der Waals surface area contributed by atoms with Crippen LogP contribution < -0.4 is 5.73 Å². The van der Waals surface area contributed by atoms with Crippen molar-refractivity contribution in [3.63, 3.8) is 0 Å². The van der Waals surface area contributed by atoms with Gasteiger partial charge in [-0.2, -0.15) is 17.0 Å². The number of nitrogens with two attached hydrogens (primary N) is 1. The molecule has 0 fully saturated rings. The van der Waals surface area contributed by atoms with E-state index in [1.165, 1.54) is 8.61 Å². The lowest BCUT2D eigenvalue weighted by atomic mass is 10.2. The van der Waals surface area contributed by atoms with Crippen molar-refractivity contribution in [1.29, 1.82) is 0 Å². The van der Waals surface area contributed by atoms with Gasteiger partial charge >= 0.3 is 0 Å².